The lowest BCUT2D eigenvalue weighted by Crippen LogP contribution is -2.31. The number of aromatic nitrogens is 2. The molecule has 3 heteroatoms. The van der Waals surface area contributed by atoms with Crippen LogP contribution in [0.5, 0.6) is 0 Å². The number of para-hydroxylation sites is 2. The van der Waals surface area contributed by atoms with Gasteiger partial charge in [-0.05, 0) is 37.1 Å². The smallest absolute Gasteiger partial charge is 0.334 e. The molecule has 0 aliphatic rings. The highest BCUT2D eigenvalue weighted by Crippen LogP contribution is 2.33. The van der Waals surface area contributed by atoms with Crippen molar-refractivity contribution in [1.82, 2.24) is 4.57 Å². The van der Waals surface area contributed by atoms with Crippen LogP contribution in [0.4, 0.5) is 0 Å². The van der Waals surface area contributed by atoms with Crippen molar-refractivity contribution >= 4 is 22.1 Å². The summed E-state index contributed by atoms with van der Waals surface area (Å²) in [6, 6.07) is 14.9. The second-order valence-electron chi connectivity index (χ2n) is 5.93. The van der Waals surface area contributed by atoms with Crippen LogP contribution in [0, 0.1) is 20.8 Å². The van der Waals surface area contributed by atoms with E-state index < -0.39 is 0 Å². The average molecular weight is 291 g/mol. The van der Waals surface area contributed by atoms with Crippen LogP contribution in [0.3, 0.4) is 0 Å². The van der Waals surface area contributed by atoms with Gasteiger partial charge in [0, 0.05) is 6.92 Å². The molecule has 0 N–H and O–H groups in total. The Labute approximate surface area is 129 Å². The van der Waals surface area contributed by atoms with Gasteiger partial charge in [0.1, 0.15) is 11.2 Å². The van der Waals surface area contributed by atoms with E-state index in [1.807, 2.05) is 6.92 Å². The van der Waals surface area contributed by atoms with Crippen LogP contribution >= 0.6 is 0 Å². The van der Waals surface area contributed by atoms with Crippen molar-refractivity contribution < 1.29 is 8.98 Å². The molecule has 2 aromatic carbocycles. The summed E-state index contributed by atoms with van der Waals surface area (Å²) in [5, 5.41) is 1.16. The number of fused-ring (bicyclic) bond motifs is 3. The molecule has 0 saturated carbocycles. The van der Waals surface area contributed by atoms with E-state index in [1.165, 1.54) is 22.3 Å². The standard InChI is InChI=1S/C19H19N2O/c1-12-8-7-9-13(2)17(12)21-16-11-6-5-10-15(16)18-19(21)20(4)14(3)22-18/h5-11H,1-4H3/q+1. The van der Waals surface area contributed by atoms with Crippen LogP contribution < -0.4 is 4.57 Å². The molecule has 0 radical (unpaired) electrons. The molecule has 110 valence electrons. The highest BCUT2D eigenvalue weighted by atomic mass is 16.4. The topological polar surface area (TPSA) is 21.9 Å². The lowest BCUT2D eigenvalue weighted by atomic mass is 10.1. The molecule has 4 rings (SSSR count). The predicted octanol–water partition coefficient (Wildman–Crippen LogP) is 4.13. The maximum absolute atomic E-state index is 6.04. The van der Waals surface area contributed by atoms with Gasteiger partial charge in [-0.15, -0.1) is 0 Å². The van der Waals surface area contributed by atoms with Gasteiger partial charge in [-0.1, -0.05) is 30.3 Å². The lowest BCUT2D eigenvalue weighted by Gasteiger charge is -2.07. The van der Waals surface area contributed by atoms with Crippen molar-refractivity contribution in [3.8, 4) is 5.69 Å². The predicted molar refractivity (Wildman–Crippen MR) is 88.4 cm³/mol. The Bertz CT molecular complexity index is 1000. The number of hydrogen-bond donors (Lipinski definition) is 0. The van der Waals surface area contributed by atoms with E-state index in [4.69, 9.17) is 4.42 Å². The zero-order valence-electron chi connectivity index (χ0n) is 13.3. The summed E-state index contributed by atoms with van der Waals surface area (Å²) in [7, 11) is 2.06. The van der Waals surface area contributed by atoms with Crippen molar-refractivity contribution in [2.45, 2.75) is 20.8 Å². The van der Waals surface area contributed by atoms with Crippen molar-refractivity contribution in [2.75, 3.05) is 0 Å². The Hall–Kier alpha value is -2.55. The number of aryl methyl sites for hydroxylation is 4. The first kappa shape index (κ1) is 13.1. The van der Waals surface area contributed by atoms with Gasteiger partial charge in [0.25, 0.3) is 5.89 Å². The molecule has 2 heterocycles. The normalized spacial score (nSPS) is 11.6. The largest absolute Gasteiger partial charge is 0.417 e. The summed E-state index contributed by atoms with van der Waals surface area (Å²) in [6.07, 6.45) is 0. The molecule has 0 saturated heterocycles. The second-order valence-corrected chi connectivity index (χ2v) is 5.93. The second kappa shape index (κ2) is 4.47. The molecule has 3 nitrogen and oxygen atoms in total. The van der Waals surface area contributed by atoms with Crippen molar-refractivity contribution in [2.24, 2.45) is 7.05 Å². The first-order chi connectivity index (χ1) is 10.6. The van der Waals surface area contributed by atoms with Crippen LogP contribution in [0.1, 0.15) is 17.0 Å². The monoisotopic (exact) mass is 291 g/mol. The highest BCUT2D eigenvalue weighted by molar-refractivity contribution is 6.03. The Kier molecular flexibility index (Phi) is 2.67. The minimum atomic E-state index is 0.913. The van der Waals surface area contributed by atoms with Crippen LogP contribution in [-0.2, 0) is 7.05 Å². The number of rotatable bonds is 1. The third-order valence-corrected chi connectivity index (χ3v) is 4.51. The Morgan fingerprint density at radius 1 is 0.909 bits per heavy atom. The molecule has 0 unspecified atom stereocenters. The summed E-state index contributed by atoms with van der Waals surface area (Å²) < 4.78 is 10.5. The summed E-state index contributed by atoms with van der Waals surface area (Å²) in [6.45, 7) is 6.33. The average Bonchev–Trinajstić information content (AvgIpc) is 2.96. The van der Waals surface area contributed by atoms with Crippen molar-refractivity contribution in [1.29, 1.82) is 0 Å². The number of nitrogens with zero attached hydrogens (tertiary/aromatic N) is 2. The van der Waals surface area contributed by atoms with E-state index in [0.717, 1.165) is 22.5 Å². The molecule has 0 aliphatic heterocycles. The zero-order chi connectivity index (χ0) is 15.4. The van der Waals surface area contributed by atoms with Gasteiger partial charge in [-0.25, -0.2) is 0 Å². The SMILES string of the molecule is Cc1cccc(C)c1-n1c2ccccc2c2oc(C)[n+](C)c21. The van der Waals surface area contributed by atoms with Gasteiger partial charge in [0.15, 0.2) is 0 Å². The maximum atomic E-state index is 6.04. The molecule has 0 fully saturated rings. The van der Waals surface area contributed by atoms with Gasteiger partial charge in [0.2, 0.25) is 5.58 Å². The minimum absolute atomic E-state index is 0.913. The Morgan fingerprint density at radius 3 is 2.32 bits per heavy atom. The van der Waals surface area contributed by atoms with Crippen molar-refractivity contribution in [3.05, 3.63) is 59.5 Å². The molecular weight excluding hydrogens is 272 g/mol. The first-order valence-electron chi connectivity index (χ1n) is 7.54. The highest BCUT2D eigenvalue weighted by Gasteiger charge is 2.28. The van der Waals surface area contributed by atoms with Crippen LogP contribution in [-0.4, -0.2) is 4.57 Å². The quantitative estimate of drug-likeness (QED) is 0.483. The molecule has 0 atom stereocenters. The fourth-order valence-corrected chi connectivity index (χ4v) is 3.35. The minimum Gasteiger partial charge on any atom is -0.417 e. The number of hydrogen-bond acceptors (Lipinski definition) is 1. The summed E-state index contributed by atoms with van der Waals surface area (Å²) in [5.74, 6) is 0.913. The van der Waals surface area contributed by atoms with Gasteiger partial charge in [-0.3, -0.25) is 0 Å². The first-order valence-corrected chi connectivity index (χ1v) is 7.54. The summed E-state index contributed by atoms with van der Waals surface area (Å²) in [4.78, 5) is 0. The molecular formula is C19H19N2O+. The lowest BCUT2D eigenvalue weighted by molar-refractivity contribution is -0.659. The van der Waals surface area contributed by atoms with E-state index in [2.05, 4.69) is 72.5 Å². The molecule has 22 heavy (non-hydrogen) atoms. The van der Waals surface area contributed by atoms with Gasteiger partial charge in [-0.2, -0.15) is 9.13 Å². The fraction of sp³-hybridized carbons (Fsp3) is 0.211. The molecule has 0 bridgehead atoms. The van der Waals surface area contributed by atoms with Crippen LogP contribution in [0.2, 0.25) is 0 Å². The van der Waals surface area contributed by atoms with E-state index >= 15 is 0 Å². The molecule has 0 amide bonds. The fourth-order valence-electron chi connectivity index (χ4n) is 3.35. The van der Waals surface area contributed by atoms with E-state index in [0.29, 0.717) is 0 Å². The van der Waals surface area contributed by atoms with E-state index in [-0.39, 0.29) is 0 Å². The Balaban J connectivity index is 2.29. The van der Waals surface area contributed by atoms with Crippen molar-refractivity contribution in [3.63, 3.8) is 0 Å². The third kappa shape index (κ3) is 1.59. The summed E-state index contributed by atoms with van der Waals surface area (Å²) in [5.41, 5.74) is 7.02. The van der Waals surface area contributed by atoms with E-state index in [1.54, 1.807) is 0 Å². The van der Waals surface area contributed by atoms with Gasteiger partial charge < -0.3 is 4.42 Å². The Morgan fingerprint density at radius 2 is 1.59 bits per heavy atom. The van der Waals surface area contributed by atoms with Gasteiger partial charge in [0.05, 0.1) is 12.4 Å². The number of oxazole rings is 1. The van der Waals surface area contributed by atoms with E-state index in [9.17, 15) is 0 Å². The molecule has 4 aromatic rings. The molecule has 2 aromatic heterocycles. The van der Waals surface area contributed by atoms with Crippen LogP contribution in [0.15, 0.2) is 46.9 Å². The maximum Gasteiger partial charge on any atom is 0.334 e. The number of benzene rings is 2. The molecule has 0 aliphatic carbocycles. The summed E-state index contributed by atoms with van der Waals surface area (Å²) >= 11 is 0. The third-order valence-electron chi connectivity index (χ3n) is 4.51. The molecule has 0 spiro atoms. The van der Waals surface area contributed by atoms with Gasteiger partial charge >= 0.3 is 5.65 Å². The zero-order valence-corrected chi connectivity index (χ0v) is 13.3. The van der Waals surface area contributed by atoms with Crippen LogP contribution in [0.25, 0.3) is 27.8 Å².